The molecule has 5 N–H and O–H groups in total. The summed E-state index contributed by atoms with van der Waals surface area (Å²) in [6.07, 6.45) is 0.626. The topological polar surface area (TPSA) is 174 Å². The zero-order chi connectivity index (χ0) is 22.9. The van der Waals surface area contributed by atoms with Crippen LogP contribution in [0.5, 0.6) is 0 Å². The highest BCUT2D eigenvalue weighted by Gasteiger charge is 2.41. The number of imidazole rings is 1. The maximum absolute atomic E-state index is 12.2. The van der Waals surface area contributed by atoms with Crippen LogP contribution in [0.4, 0.5) is 5.95 Å². The van der Waals surface area contributed by atoms with E-state index in [9.17, 15) is 19.3 Å². The van der Waals surface area contributed by atoms with E-state index in [-0.39, 0.29) is 36.2 Å². The smallest absolute Gasteiger partial charge is 0.462 e. The Labute approximate surface area is 178 Å². The maximum atomic E-state index is 12.2. The second-order valence-corrected chi connectivity index (χ2v) is 8.70. The van der Waals surface area contributed by atoms with Gasteiger partial charge in [0.1, 0.15) is 12.6 Å². The largest absolute Gasteiger partial charge is 0.613 e. The molecule has 3 rings (SSSR count). The van der Waals surface area contributed by atoms with Crippen LogP contribution in [-0.2, 0) is 18.6 Å². The molecule has 0 spiro atoms. The second kappa shape index (κ2) is 9.23. The Balaban J connectivity index is 1.65. The number of carbonyl (C=O) groups excluding carboxylic acids is 1. The number of carbonyl (C=O) groups is 1. The van der Waals surface area contributed by atoms with E-state index in [1.807, 2.05) is 0 Å². The van der Waals surface area contributed by atoms with Gasteiger partial charge in [-0.25, -0.2) is 4.98 Å². The van der Waals surface area contributed by atoms with Gasteiger partial charge >= 0.3 is 14.1 Å². The number of aliphatic hydroxyl groups is 1. The van der Waals surface area contributed by atoms with Gasteiger partial charge in [-0.2, -0.15) is 4.98 Å². The summed E-state index contributed by atoms with van der Waals surface area (Å²) in [5.41, 5.74) is 6.21. The first-order chi connectivity index (χ1) is 14.6. The second-order valence-electron chi connectivity index (χ2n) is 7.66. The molecule has 0 aromatic carbocycles. The molecule has 1 saturated carbocycles. The Bertz CT molecular complexity index is 1070. The summed E-state index contributed by atoms with van der Waals surface area (Å²) in [7, 11) is -2.37. The lowest BCUT2D eigenvalue weighted by atomic mass is 10.0. The number of rotatable bonds is 8. The fourth-order valence-electron chi connectivity index (χ4n) is 3.45. The molecule has 12 nitrogen and oxygen atoms in total. The van der Waals surface area contributed by atoms with Crippen LogP contribution < -0.4 is 16.4 Å². The molecule has 5 atom stereocenters. The number of ether oxygens (including phenoxy) is 1. The van der Waals surface area contributed by atoms with Crippen LogP contribution in [0.15, 0.2) is 23.3 Å². The number of aromatic nitrogens is 4. The van der Waals surface area contributed by atoms with Gasteiger partial charge in [0.15, 0.2) is 11.2 Å². The Hall–Kier alpha value is -2.66. The van der Waals surface area contributed by atoms with E-state index in [1.54, 1.807) is 18.4 Å². The fourth-order valence-corrected chi connectivity index (χ4v) is 4.24. The number of nitrogens with one attached hydrogen (secondary N) is 2. The lowest BCUT2D eigenvalue weighted by Crippen LogP contribution is -2.33. The van der Waals surface area contributed by atoms with E-state index < -0.39 is 43.8 Å². The molecular formula is C18H26N6O6P+. The first-order valence-corrected chi connectivity index (χ1v) is 10.9. The van der Waals surface area contributed by atoms with Gasteiger partial charge in [0.25, 0.3) is 5.56 Å². The van der Waals surface area contributed by atoms with Gasteiger partial charge in [0.2, 0.25) is 5.95 Å². The van der Waals surface area contributed by atoms with Crippen molar-refractivity contribution in [2.45, 2.75) is 51.5 Å². The van der Waals surface area contributed by atoms with Gasteiger partial charge < -0.3 is 20.1 Å². The standard InChI is InChI=1S/C18H25N6O6P/c1-8(2)30-17(27)10(4)23-31(28)29-6-11-9(3)12(5-13(11)25)24-7-20-14-15(24)21-18(19)22-16(14)26/h7-8,10-13,25H,3,5-6H2,1-2,4H3,(H3-,19,21,22,23,26,28)/p+1/t10-,11-,12-,13-/m0/s1. The van der Waals surface area contributed by atoms with Crippen LogP contribution in [0, 0.1) is 5.92 Å². The third-order valence-corrected chi connectivity index (χ3v) is 5.98. The van der Waals surface area contributed by atoms with Crippen molar-refractivity contribution in [3.63, 3.8) is 0 Å². The summed E-state index contributed by atoms with van der Waals surface area (Å²) in [5, 5.41) is 13.1. The number of nitrogen functional groups attached to an aromatic ring is 1. The molecule has 13 heteroatoms. The Morgan fingerprint density at radius 3 is 2.90 bits per heavy atom. The number of nitrogens with zero attached hydrogens (tertiary/aromatic N) is 3. The number of hydrogen-bond acceptors (Lipinski definition) is 9. The van der Waals surface area contributed by atoms with Gasteiger partial charge in [-0.1, -0.05) is 11.7 Å². The average molecular weight is 453 g/mol. The molecule has 2 aromatic heterocycles. The van der Waals surface area contributed by atoms with Crippen molar-refractivity contribution in [2.24, 2.45) is 5.92 Å². The van der Waals surface area contributed by atoms with E-state index in [0.29, 0.717) is 5.57 Å². The number of H-pyrrole nitrogens is 1. The molecule has 168 valence electrons. The summed E-state index contributed by atoms with van der Waals surface area (Å²) in [4.78, 5) is 34.4. The molecule has 0 saturated heterocycles. The predicted molar refractivity (Wildman–Crippen MR) is 112 cm³/mol. The summed E-state index contributed by atoms with van der Waals surface area (Å²) in [6, 6.07) is -1.21. The van der Waals surface area contributed by atoms with Crippen LogP contribution in [0.1, 0.15) is 33.2 Å². The van der Waals surface area contributed by atoms with E-state index in [4.69, 9.17) is 15.0 Å². The predicted octanol–water partition coefficient (Wildman–Crippen LogP) is 0.784. The van der Waals surface area contributed by atoms with Crippen molar-refractivity contribution in [1.29, 1.82) is 0 Å². The molecule has 0 aliphatic heterocycles. The molecule has 31 heavy (non-hydrogen) atoms. The summed E-state index contributed by atoms with van der Waals surface area (Å²) >= 11 is 0. The molecule has 2 heterocycles. The lowest BCUT2D eigenvalue weighted by molar-refractivity contribution is -0.149. The normalized spacial score (nSPS) is 22.8. The quantitative estimate of drug-likeness (QED) is 0.254. The number of hydrogen-bond donors (Lipinski definition) is 4. The highest BCUT2D eigenvalue weighted by atomic mass is 31.1. The minimum Gasteiger partial charge on any atom is -0.462 e. The lowest BCUT2D eigenvalue weighted by Gasteiger charge is -2.15. The fraction of sp³-hybridized carbons (Fsp3) is 0.556. The molecule has 1 aliphatic rings. The average Bonchev–Trinajstić information content (AvgIpc) is 3.20. The van der Waals surface area contributed by atoms with Crippen molar-refractivity contribution in [3.8, 4) is 0 Å². The Morgan fingerprint density at radius 1 is 1.52 bits per heavy atom. The van der Waals surface area contributed by atoms with Crippen LogP contribution >= 0.6 is 8.18 Å². The first-order valence-electron chi connectivity index (χ1n) is 9.74. The third-order valence-electron chi connectivity index (χ3n) is 5.00. The SMILES string of the molecule is C=C1[C@H](CO[P+](=O)N[C@@H](C)C(=O)OC(C)C)[C@@H](O)C[C@@H]1n1cnc2c(=O)[nH]c(N)nc21. The number of nitrogens with two attached hydrogens (primary N) is 1. The van der Waals surface area contributed by atoms with E-state index in [0.717, 1.165) is 0 Å². The van der Waals surface area contributed by atoms with Gasteiger partial charge in [-0.3, -0.25) is 14.6 Å². The van der Waals surface area contributed by atoms with Crippen molar-refractivity contribution in [3.05, 3.63) is 28.8 Å². The van der Waals surface area contributed by atoms with Gasteiger partial charge in [-0.05, 0) is 37.3 Å². The minimum absolute atomic E-state index is 0.0449. The van der Waals surface area contributed by atoms with E-state index >= 15 is 0 Å². The van der Waals surface area contributed by atoms with Gasteiger partial charge in [-0.15, -0.1) is 4.52 Å². The van der Waals surface area contributed by atoms with Crippen molar-refractivity contribution in [1.82, 2.24) is 24.6 Å². The third kappa shape index (κ3) is 4.99. The number of anilines is 1. The number of esters is 1. The summed E-state index contributed by atoms with van der Waals surface area (Å²) < 4.78 is 24.2. The molecule has 1 unspecified atom stereocenters. The molecular weight excluding hydrogens is 427 g/mol. The first kappa shape index (κ1) is 23.0. The van der Waals surface area contributed by atoms with E-state index in [1.165, 1.54) is 13.3 Å². The van der Waals surface area contributed by atoms with Crippen LogP contribution in [0.2, 0.25) is 0 Å². The zero-order valence-electron chi connectivity index (χ0n) is 17.4. The molecule has 2 aromatic rings. The molecule has 1 fully saturated rings. The number of aromatic amines is 1. The maximum Gasteiger partial charge on any atom is 0.613 e. The minimum atomic E-state index is -2.37. The molecule has 0 radical (unpaired) electrons. The van der Waals surface area contributed by atoms with Crippen LogP contribution in [0.3, 0.4) is 0 Å². The van der Waals surface area contributed by atoms with E-state index in [2.05, 4.69) is 26.6 Å². The van der Waals surface area contributed by atoms with Crippen LogP contribution in [0.25, 0.3) is 11.2 Å². The van der Waals surface area contributed by atoms with Gasteiger partial charge in [0, 0.05) is 5.92 Å². The van der Waals surface area contributed by atoms with Gasteiger partial charge in [0.05, 0.1) is 24.6 Å². The highest BCUT2D eigenvalue weighted by molar-refractivity contribution is 7.36. The number of fused-ring (bicyclic) bond motifs is 1. The molecule has 0 amide bonds. The van der Waals surface area contributed by atoms with Crippen LogP contribution in [-0.4, -0.2) is 55.5 Å². The summed E-state index contributed by atoms with van der Waals surface area (Å²) in [6.45, 7) is 8.93. The van der Waals surface area contributed by atoms with Crippen molar-refractivity contribution in [2.75, 3.05) is 12.3 Å². The summed E-state index contributed by atoms with van der Waals surface area (Å²) in [5.74, 6) is -1.10. The molecule has 0 bridgehead atoms. The van der Waals surface area contributed by atoms with Crippen molar-refractivity contribution < 1.29 is 23.7 Å². The molecule has 1 aliphatic carbocycles. The Kier molecular flexibility index (Phi) is 6.85. The number of aliphatic hydroxyl groups excluding tert-OH is 1. The van der Waals surface area contributed by atoms with Crippen molar-refractivity contribution >= 4 is 31.3 Å². The monoisotopic (exact) mass is 453 g/mol. The zero-order valence-corrected chi connectivity index (χ0v) is 18.3. The highest BCUT2D eigenvalue weighted by Crippen LogP contribution is 2.41. The Morgan fingerprint density at radius 2 is 2.23 bits per heavy atom.